The Labute approximate surface area is 329 Å². The lowest BCUT2D eigenvalue weighted by molar-refractivity contribution is -0.439. The first-order valence-electron chi connectivity index (χ1n) is 18.1. The maximum Gasteiger partial charge on any atom is 0.465 e. The van der Waals surface area contributed by atoms with Gasteiger partial charge < -0.3 is 43.8 Å². The molecule has 11 nitrogen and oxygen atoms in total. The molecule has 2 N–H and O–H groups in total. The molecule has 2 saturated heterocycles. The number of hydrogen-bond donors (Lipinski definition) is 2. The zero-order valence-electron chi connectivity index (χ0n) is 30.7. The molecule has 4 aromatic carbocycles. The molecule has 0 spiro atoms. The summed E-state index contributed by atoms with van der Waals surface area (Å²) < 4.78 is 121. The van der Waals surface area contributed by atoms with E-state index in [0.717, 1.165) is 22.3 Å². The van der Waals surface area contributed by atoms with Crippen LogP contribution in [-0.2, 0) is 64.4 Å². The number of benzene rings is 4. The largest absolute Gasteiger partial charge is 0.465 e. The molecule has 58 heavy (non-hydrogen) atoms. The summed E-state index contributed by atoms with van der Waals surface area (Å²) in [5.74, 6) is -7.18. The number of halogens is 6. The molecule has 0 bridgehead atoms. The van der Waals surface area contributed by atoms with Crippen LogP contribution < -0.4 is 10.6 Å². The lowest BCUT2D eigenvalue weighted by Crippen LogP contribution is -2.66. The molecule has 6 rings (SSSR count). The Hall–Kier alpha value is -5.04. The lowest BCUT2D eigenvalue weighted by Gasteiger charge is -2.46. The number of carbonyl (C=O) groups is 2. The predicted octanol–water partition coefficient (Wildman–Crippen LogP) is 6.75. The van der Waals surface area contributed by atoms with Crippen molar-refractivity contribution in [2.75, 3.05) is 13.2 Å². The van der Waals surface area contributed by atoms with Gasteiger partial charge in [0.1, 0.15) is 24.4 Å². The number of cyclic esters (lactones) is 1. The standard InChI is InChI=1S/C41H40F6N2O9/c42-40(43,44)39(41(45,46)47)57-31(37(50)58-39)21-48-38(51)49-36-35(55-25-30-19-11-4-12-20-30)34(54-24-29-17-9-3-10-18-29)33(53-23-28-15-7-2-8-16-28)32(56-36)26-52-22-27-13-5-1-6-14-27/h1-20,31-36H,21-26H2,(H2,48,49,51)/t31-,32+,33+,34-,35+,36?/m0/s1. The van der Waals surface area contributed by atoms with Gasteiger partial charge in [-0.25, -0.2) is 9.59 Å². The van der Waals surface area contributed by atoms with Crippen LogP contribution in [-0.4, -0.2) is 80.0 Å². The van der Waals surface area contributed by atoms with Gasteiger partial charge in [0.15, 0.2) is 12.3 Å². The first-order chi connectivity index (χ1) is 27.8. The molecular formula is C41H40F6N2O9. The number of esters is 1. The molecule has 0 radical (unpaired) electrons. The summed E-state index contributed by atoms with van der Waals surface area (Å²) in [6.07, 6.45) is -20.1. The van der Waals surface area contributed by atoms with E-state index >= 15 is 0 Å². The number of carbonyl (C=O) groups excluding carboxylic acids is 2. The van der Waals surface area contributed by atoms with Crippen LogP contribution in [0.3, 0.4) is 0 Å². The molecule has 2 aliphatic heterocycles. The molecule has 2 amide bonds. The number of alkyl halides is 6. The fourth-order valence-corrected chi connectivity index (χ4v) is 6.29. The fourth-order valence-electron chi connectivity index (χ4n) is 6.29. The van der Waals surface area contributed by atoms with E-state index in [9.17, 15) is 35.9 Å². The summed E-state index contributed by atoms with van der Waals surface area (Å²) in [7, 11) is 0. The first kappa shape index (κ1) is 42.6. The monoisotopic (exact) mass is 818 g/mol. The highest BCUT2D eigenvalue weighted by atomic mass is 19.4. The third-order valence-electron chi connectivity index (χ3n) is 9.17. The Morgan fingerprint density at radius 3 is 1.50 bits per heavy atom. The number of ether oxygens (including phenoxy) is 7. The average Bonchev–Trinajstić information content (AvgIpc) is 3.58. The minimum Gasteiger partial charge on any atom is -0.414 e. The van der Waals surface area contributed by atoms with E-state index in [4.69, 9.17) is 23.7 Å². The van der Waals surface area contributed by atoms with Gasteiger partial charge in [0.25, 0.3) is 0 Å². The summed E-state index contributed by atoms with van der Waals surface area (Å²) in [6.45, 7) is -0.833. The summed E-state index contributed by atoms with van der Waals surface area (Å²) in [5.41, 5.74) is 3.25. The van der Waals surface area contributed by atoms with E-state index in [-0.39, 0.29) is 33.0 Å². The van der Waals surface area contributed by atoms with Gasteiger partial charge >= 0.3 is 30.1 Å². The highest BCUT2D eigenvalue weighted by molar-refractivity contribution is 5.79. The van der Waals surface area contributed by atoms with Gasteiger partial charge in [-0.3, -0.25) is 0 Å². The van der Waals surface area contributed by atoms with Crippen LogP contribution in [0.5, 0.6) is 0 Å². The van der Waals surface area contributed by atoms with Gasteiger partial charge in [-0.1, -0.05) is 121 Å². The van der Waals surface area contributed by atoms with E-state index in [1.165, 1.54) is 0 Å². The molecule has 310 valence electrons. The van der Waals surface area contributed by atoms with E-state index < -0.39 is 73.4 Å². The van der Waals surface area contributed by atoms with Crippen molar-refractivity contribution in [1.29, 1.82) is 0 Å². The highest BCUT2D eigenvalue weighted by Crippen LogP contribution is 2.50. The molecule has 6 atom stereocenters. The number of nitrogens with one attached hydrogen (secondary N) is 2. The molecule has 0 aromatic heterocycles. The minimum absolute atomic E-state index is 0.000830. The Bertz CT molecular complexity index is 1880. The van der Waals surface area contributed by atoms with E-state index in [2.05, 4.69) is 20.1 Å². The number of urea groups is 1. The zero-order valence-corrected chi connectivity index (χ0v) is 30.7. The topological polar surface area (TPSA) is 123 Å². The maximum atomic E-state index is 13.5. The van der Waals surface area contributed by atoms with Gasteiger partial charge in [-0.05, 0) is 22.3 Å². The van der Waals surface area contributed by atoms with E-state index in [1.807, 2.05) is 109 Å². The maximum absolute atomic E-state index is 13.5. The fraction of sp³-hybridized carbons (Fsp3) is 0.366. The van der Waals surface area contributed by atoms with Crippen molar-refractivity contribution < 1.29 is 69.1 Å². The molecular weight excluding hydrogens is 778 g/mol. The summed E-state index contributed by atoms with van der Waals surface area (Å²) in [4.78, 5) is 25.6. The SMILES string of the molecule is O=C(NC[C@@H]1OC(C(F)(F)F)(C(F)(F)F)OC1=O)NC1O[C@H](COCc2ccccc2)[C@@H](OCc2ccccc2)[C@H](OCc2ccccc2)[C@H]1OCc1ccccc1. The van der Waals surface area contributed by atoms with Crippen molar-refractivity contribution in [3.63, 3.8) is 0 Å². The summed E-state index contributed by atoms with van der Waals surface area (Å²) >= 11 is 0. The van der Waals surface area contributed by atoms with Crippen LogP contribution in [0.1, 0.15) is 22.3 Å². The molecule has 2 aliphatic rings. The molecule has 2 heterocycles. The van der Waals surface area contributed by atoms with Gasteiger partial charge in [0, 0.05) is 0 Å². The lowest BCUT2D eigenvalue weighted by atomic mass is 9.97. The third kappa shape index (κ3) is 10.7. The number of amides is 2. The van der Waals surface area contributed by atoms with Crippen molar-refractivity contribution in [2.24, 2.45) is 0 Å². The smallest absolute Gasteiger partial charge is 0.414 e. The molecule has 0 saturated carbocycles. The van der Waals surface area contributed by atoms with Crippen LogP contribution in [0.15, 0.2) is 121 Å². The second-order valence-corrected chi connectivity index (χ2v) is 13.4. The quantitative estimate of drug-likeness (QED) is 0.0935. The van der Waals surface area contributed by atoms with Crippen LogP contribution in [0, 0.1) is 0 Å². The second kappa shape index (κ2) is 19.1. The highest BCUT2D eigenvalue weighted by Gasteiger charge is 2.80. The van der Waals surface area contributed by atoms with Crippen molar-refractivity contribution in [3.8, 4) is 0 Å². The van der Waals surface area contributed by atoms with Crippen LogP contribution >= 0.6 is 0 Å². The second-order valence-electron chi connectivity index (χ2n) is 13.4. The molecule has 0 aliphatic carbocycles. The average molecular weight is 819 g/mol. The normalized spacial score (nSPS) is 23.2. The van der Waals surface area contributed by atoms with Crippen LogP contribution in [0.2, 0.25) is 0 Å². The van der Waals surface area contributed by atoms with Crippen LogP contribution in [0.25, 0.3) is 0 Å². The van der Waals surface area contributed by atoms with E-state index in [0.29, 0.717) is 0 Å². The number of hydrogen-bond acceptors (Lipinski definition) is 9. The minimum atomic E-state index is -6.16. The molecule has 1 unspecified atom stereocenters. The first-order valence-corrected chi connectivity index (χ1v) is 18.1. The molecule has 2 fully saturated rings. The Kier molecular flexibility index (Phi) is 14.0. The third-order valence-corrected chi connectivity index (χ3v) is 9.17. The zero-order chi connectivity index (χ0) is 41.2. The van der Waals surface area contributed by atoms with E-state index in [1.54, 1.807) is 12.1 Å². The van der Waals surface area contributed by atoms with Gasteiger partial charge in [-0.2, -0.15) is 26.3 Å². The summed E-state index contributed by atoms with van der Waals surface area (Å²) in [6, 6.07) is 35.7. The van der Waals surface area contributed by atoms with Gasteiger partial charge in [0.05, 0.1) is 39.6 Å². The Balaban J connectivity index is 1.27. The van der Waals surface area contributed by atoms with Crippen molar-refractivity contribution in [1.82, 2.24) is 10.6 Å². The van der Waals surface area contributed by atoms with Gasteiger partial charge in [0.2, 0.25) is 0 Å². The van der Waals surface area contributed by atoms with Crippen molar-refractivity contribution >= 4 is 12.0 Å². The molecule has 4 aromatic rings. The van der Waals surface area contributed by atoms with Gasteiger partial charge in [-0.15, -0.1) is 0 Å². The molecule has 17 heteroatoms. The summed E-state index contributed by atoms with van der Waals surface area (Å²) in [5, 5.41) is 4.64. The van der Waals surface area contributed by atoms with Crippen molar-refractivity contribution in [2.45, 2.75) is 81.3 Å². The Morgan fingerprint density at radius 1 is 0.621 bits per heavy atom. The Morgan fingerprint density at radius 2 is 1.05 bits per heavy atom. The van der Waals surface area contributed by atoms with Crippen LogP contribution in [0.4, 0.5) is 31.1 Å². The van der Waals surface area contributed by atoms with Crippen molar-refractivity contribution in [3.05, 3.63) is 144 Å². The number of rotatable bonds is 16. The predicted molar refractivity (Wildman–Crippen MR) is 192 cm³/mol.